The van der Waals surface area contributed by atoms with Crippen LogP contribution in [0.1, 0.15) is 90.0 Å². The first-order valence-corrected chi connectivity index (χ1v) is 12.8. The molecule has 1 spiro atoms. The Kier molecular flexibility index (Phi) is 8.96. The number of benzene rings is 1. The molecule has 1 aliphatic heterocycles. The molecule has 3 rings (SSSR count). The largest absolute Gasteiger partial charge is 0.384 e. The third-order valence-corrected chi connectivity index (χ3v) is 7.68. The number of rotatable bonds is 9. The summed E-state index contributed by atoms with van der Waals surface area (Å²) in [5, 5.41) is 3.74. The van der Waals surface area contributed by atoms with Crippen LogP contribution >= 0.6 is 0 Å². The smallest absolute Gasteiger partial charge is 0.0434 e. The number of aliphatic imine (C=N–C) groups is 1. The highest BCUT2D eigenvalue weighted by Crippen LogP contribution is 2.45. The van der Waals surface area contributed by atoms with Crippen LogP contribution in [-0.2, 0) is 0 Å². The van der Waals surface area contributed by atoms with Crippen molar-refractivity contribution in [2.45, 2.75) is 84.5 Å². The molecule has 2 nitrogen and oxygen atoms in total. The van der Waals surface area contributed by atoms with Gasteiger partial charge in [0.1, 0.15) is 0 Å². The Morgan fingerprint density at radius 1 is 1.16 bits per heavy atom. The van der Waals surface area contributed by atoms with Gasteiger partial charge in [0.25, 0.3) is 0 Å². The van der Waals surface area contributed by atoms with Crippen LogP contribution in [0.25, 0.3) is 5.57 Å². The van der Waals surface area contributed by atoms with E-state index in [0.29, 0.717) is 11.3 Å². The van der Waals surface area contributed by atoms with Gasteiger partial charge in [-0.3, -0.25) is 4.99 Å². The molecule has 1 aromatic rings. The van der Waals surface area contributed by atoms with Gasteiger partial charge in [-0.15, -0.1) is 0 Å². The van der Waals surface area contributed by atoms with Gasteiger partial charge in [0.2, 0.25) is 0 Å². The van der Waals surface area contributed by atoms with Crippen LogP contribution in [0, 0.1) is 11.3 Å². The zero-order chi connectivity index (χ0) is 23.0. The van der Waals surface area contributed by atoms with Crippen LogP contribution < -0.4 is 5.32 Å². The first kappa shape index (κ1) is 24.6. The van der Waals surface area contributed by atoms with Crippen LogP contribution in [-0.4, -0.2) is 19.3 Å². The van der Waals surface area contributed by atoms with E-state index < -0.39 is 0 Å². The second-order valence-electron chi connectivity index (χ2n) is 10.2. The van der Waals surface area contributed by atoms with E-state index in [4.69, 9.17) is 0 Å². The van der Waals surface area contributed by atoms with E-state index in [1.807, 2.05) is 7.05 Å². The lowest BCUT2D eigenvalue weighted by Gasteiger charge is -2.37. The average Bonchev–Trinajstić information content (AvgIpc) is 2.93. The molecule has 2 heteroatoms. The van der Waals surface area contributed by atoms with E-state index in [1.165, 1.54) is 73.8 Å². The number of hydrogen-bond donors (Lipinski definition) is 1. The fourth-order valence-corrected chi connectivity index (χ4v) is 5.86. The summed E-state index contributed by atoms with van der Waals surface area (Å²) in [4.78, 5) is 4.68. The fourth-order valence-electron chi connectivity index (χ4n) is 5.86. The fraction of sp³-hybridized carbons (Fsp3) is 0.567. The molecular weight excluding hydrogens is 388 g/mol. The van der Waals surface area contributed by atoms with Crippen LogP contribution in [0.5, 0.6) is 0 Å². The minimum atomic E-state index is 0.409. The molecule has 0 bridgehead atoms. The molecule has 1 aromatic carbocycles. The maximum absolute atomic E-state index is 4.68. The van der Waals surface area contributed by atoms with E-state index in [-0.39, 0.29) is 0 Å². The van der Waals surface area contributed by atoms with Crippen LogP contribution in [0.2, 0.25) is 0 Å². The van der Waals surface area contributed by atoms with Crippen molar-refractivity contribution < 1.29 is 0 Å². The molecule has 1 heterocycles. The van der Waals surface area contributed by atoms with Gasteiger partial charge in [0.15, 0.2) is 0 Å². The highest BCUT2D eigenvalue weighted by atomic mass is 14.9. The molecule has 174 valence electrons. The summed E-state index contributed by atoms with van der Waals surface area (Å²) in [6.07, 6.45) is 13.7. The monoisotopic (exact) mass is 432 g/mol. The third-order valence-electron chi connectivity index (χ3n) is 7.68. The van der Waals surface area contributed by atoms with Crippen LogP contribution in [0.15, 0.2) is 65.3 Å². The standard InChI is InChI=1S/C30H44N2/c1-6-28(31-5)29-25(4)32-22-30(18-11-8-12-19-30)21-27(29)20-23(2)14-13-15-24(3)26-16-9-7-10-17-26/h7,9-10,16-17,23,32H,3-4,6,8,11-15,18-22H2,1-2,5H3. The maximum atomic E-state index is 4.68. The second-order valence-corrected chi connectivity index (χ2v) is 10.2. The summed E-state index contributed by atoms with van der Waals surface area (Å²) in [6.45, 7) is 14.5. The third kappa shape index (κ3) is 6.24. The summed E-state index contributed by atoms with van der Waals surface area (Å²) in [5.41, 5.74) is 8.23. The van der Waals surface area contributed by atoms with Gasteiger partial charge >= 0.3 is 0 Å². The Morgan fingerprint density at radius 3 is 2.53 bits per heavy atom. The van der Waals surface area contributed by atoms with Gasteiger partial charge in [0.05, 0.1) is 0 Å². The molecule has 1 aliphatic carbocycles. The van der Waals surface area contributed by atoms with Gasteiger partial charge in [-0.2, -0.15) is 0 Å². The molecule has 32 heavy (non-hydrogen) atoms. The number of hydrogen-bond acceptors (Lipinski definition) is 2. The van der Waals surface area contributed by atoms with Gasteiger partial charge < -0.3 is 5.32 Å². The first-order chi connectivity index (χ1) is 15.5. The van der Waals surface area contributed by atoms with E-state index in [0.717, 1.165) is 31.5 Å². The average molecular weight is 433 g/mol. The Labute approximate surface area is 197 Å². The molecular formula is C30H44N2. The van der Waals surface area contributed by atoms with Crippen molar-refractivity contribution in [2.24, 2.45) is 16.3 Å². The zero-order valence-corrected chi connectivity index (χ0v) is 20.8. The van der Waals surface area contributed by atoms with Crippen LogP contribution in [0.4, 0.5) is 0 Å². The van der Waals surface area contributed by atoms with Gasteiger partial charge in [-0.1, -0.05) is 88.6 Å². The Bertz CT molecular complexity index is 837. The summed E-state index contributed by atoms with van der Waals surface area (Å²) >= 11 is 0. The molecule has 1 unspecified atom stereocenters. The normalized spacial score (nSPS) is 20.1. The van der Waals surface area contributed by atoms with Gasteiger partial charge in [-0.25, -0.2) is 0 Å². The van der Waals surface area contributed by atoms with E-state index in [1.54, 1.807) is 5.57 Å². The number of allylic oxidation sites excluding steroid dienone is 3. The molecule has 1 fully saturated rings. The van der Waals surface area contributed by atoms with Gasteiger partial charge in [-0.05, 0) is 67.4 Å². The summed E-state index contributed by atoms with van der Waals surface area (Å²) < 4.78 is 0. The predicted octanol–water partition coefficient (Wildman–Crippen LogP) is 8.13. The zero-order valence-electron chi connectivity index (χ0n) is 20.8. The molecule has 1 saturated carbocycles. The first-order valence-electron chi connectivity index (χ1n) is 12.8. The van der Waals surface area contributed by atoms with Crippen molar-refractivity contribution >= 4 is 11.3 Å². The molecule has 0 aromatic heterocycles. The van der Waals surface area contributed by atoms with E-state index >= 15 is 0 Å². The second kappa shape index (κ2) is 11.7. The summed E-state index contributed by atoms with van der Waals surface area (Å²) in [5.74, 6) is 0.657. The van der Waals surface area contributed by atoms with E-state index in [9.17, 15) is 0 Å². The lowest BCUT2D eigenvalue weighted by Crippen LogP contribution is -2.34. The highest BCUT2D eigenvalue weighted by Gasteiger charge is 2.36. The lowest BCUT2D eigenvalue weighted by atomic mass is 9.69. The van der Waals surface area contributed by atoms with Crippen molar-refractivity contribution in [2.75, 3.05) is 13.6 Å². The van der Waals surface area contributed by atoms with Crippen molar-refractivity contribution in [3.8, 4) is 0 Å². The van der Waals surface area contributed by atoms with Gasteiger partial charge in [0, 0.05) is 30.6 Å². The molecule has 0 saturated heterocycles. The molecule has 2 aliphatic rings. The number of nitrogens with zero attached hydrogens (tertiary/aromatic N) is 1. The van der Waals surface area contributed by atoms with Crippen molar-refractivity contribution in [1.82, 2.24) is 5.32 Å². The predicted molar refractivity (Wildman–Crippen MR) is 141 cm³/mol. The highest BCUT2D eigenvalue weighted by molar-refractivity contribution is 6.04. The SMILES string of the molecule is C=C1NCC2(CCCCC2)CC(CC(C)CCCC(=C)c2ccccc2)=C1C(CC)=NC. The topological polar surface area (TPSA) is 24.4 Å². The Balaban J connectivity index is 1.71. The summed E-state index contributed by atoms with van der Waals surface area (Å²) in [6, 6.07) is 10.6. The maximum Gasteiger partial charge on any atom is 0.0434 e. The minimum absolute atomic E-state index is 0.409. The quantitative estimate of drug-likeness (QED) is 0.391. The van der Waals surface area contributed by atoms with Crippen molar-refractivity contribution in [1.29, 1.82) is 0 Å². The molecule has 1 atom stereocenters. The minimum Gasteiger partial charge on any atom is -0.384 e. The Hall–Kier alpha value is -2.09. The molecule has 0 radical (unpaired) electrons. The van der Waals surface area contributed by atoms with Crippen molar-refractivity contribution in [3.05, 3.63) is 65.9 Å². The molecule has 0 amide bonds. The number of nitrogens with one attached hydrogen (secondary N) is 1. The lowest BCUT2D eigenvalue weighted by molar-refractivity contribution is 0.186. The summed E-state index contributed by atoms with van der Waals surface area (Å²) in [7, 11) is 1.94. The molecule has 1 N–H and O–H groups in total. The van der Waals surface area contributed by atoms with E-state index in [2.05, 4.69) is 67.6 Å². The van der Waals surface area contributed by atoms with Crippen molar-refractivity contribution in [3.63, 3.8) is 0 Å². The van der Waals surface area contributed by atoms with Crippen LogP contribution in [0.3, 0.4) is 0 Å². The Morgan fingerprint density at radius 2 is 1.88 bits per heavy atom.